The van der Waals surface area contributed by atoms with Crippen LogP contribution in [0.3, 0.4) is 0 Å². The maximum absolute atomic E-state index is 5.94. The molecule has 1 aromatic heterocycles. The van der Waals surface area contributed by atoms with E-state index in [2.05, 4.69) is 84.1 Å². The molecule has 0 saturated heterocycles. The molecule has 2 aromatic carbocycles. The number of nitrogens with zero attached hydrogens (tertiary/aromatic N) is 2. The highest BCUT2D eigenvalue weighted by atomic mass is 32.2. The van der Waals surface area contributed by atoms with E-state index in [1.165, 1.54) is 16.0 Å². The molecule has 1 aliphatic heterocycles. The van der Waals surface area contributed by atoms with Crippen LogP contribution < -0.4 is 15.0 Å². The van der Waals surface area contributed by atoms with Crippen LogP contribution in [0.2, 0.25) is 0 Å². The molecule has 0 aliphatic carbocycles. The molecule has 4 nitrogen and oxygen atoms in total. The molecule has 1 N–H and O–H groups in total. The SMILES string of the molecule is CSc1ccc(CNCc2cnc3c(c2)OCCN3C(C)c2ccccc2)cc1. The Kier molecular flexibility index (Phi) is 6.37. The van der Waals surface area contributed by atoms with E-state index in [0.717, 1.165) is 36.8 Å². The lowest BCUT2D eigenvalue weighted by Gasteiger charge is -2.35. The number of nitrogens with one attached hydrogen (secondary N) is 1. The summed E-state index contributed by atoms with van der Waals surface area (Å²) in [4.78, 5) is 8.38. The van der Waals surface area contributed by atoms with Crippen molar-refractivity contribution in [3.05, 3.63) is 83.6 Å². The minimum absolute atomic E-state index is 0.264. The fourth-order valence-electron chi connectivity index (χ4n) is 3.64. The van der Waals surface area contributed by atoms with Gasteiger partial charge >= 0.3 is 0 Å². The van der Waals surface area contributed by atoms with Gasteiger partial charge in [0.25, 0.3) is 0 Å². The van der Waals surface area contributed by atoms with Gasteiger partial charge in [-0.25, -0.2) is 4.98 Å². The van der Waals surface area contributed by atoms with Gasteiger partial charge in [-0.1, -0.05) is 42.5 Å². The van der Waals surface area contributed by atoms with Crippen LogP contribution in [0.5, 0.6) is 5.75 Å². The van der Waals surface area contributed by atoms with Crippen LogP contribution >= 0.6 is 11.8 Å². The smallest absolute Gasteiger partial charge is 0.172 e. The maximum atomic E-state index is 5.94. The summed E-state index contributed by atoms with van der Waals surface area (Å²) >= 11 is 1.77. The van der Waals surface area contributed by atoms with Crippen LogP contribution in [-0.2, 0) is 13.1 Å². The van der Waals surface area contributed by atoms with Crippen molar-refractivity contribution in [2.24, 2.45) is 0 Å². The molecule has 0 bridgehead atoms. The van der Waals surface area contributed by atoms with E-state index in [1.807, 2.05) is 6.20 Å². The van der Waals surface area contributed by atoms with E-state index in [9.17, 15) is 0 Å². The third-order valence-corrected chi connectivity index (χ3v) is 6.06. The van der Waals surface area contributed by atoms with Gasteiger partial charge in [-0.05, 0) is 48.1 Å². The molecule has 0 spiro atoms. The number of hydrogen-bond acceptors (Lipinski definition) is 5. The van der Waals surface area contributed by atoms with Crippen molar-refractivity contribution in [1.29, 1.82) is 0 Å². The molecule has 4 rings (SSSR count). The van der Waals surface area contributed by atoms with Crippen molar-refractivity contribution in [3.8, 4) is 5.75 Å². The lowest BCUT2D eigenvalue weighted by molar-refractivity contribution is 0.298. The van der Waals surface area contributed by atoms with Crippen LogP contribution in [0.15, 0.2) is 71.8 Å². The number of ether oxygens (including phenoxy) is 1. The van der Waals surface area contributed by atoms with Crippen molar-refractivity contribution < 1.29 is 4.74 Å². The van der Waals surface area contributed by atoms with E-state index in [-0.39, 0.29) is 6.04 Å². The van der Waals surface area contributed by atoms with Gasteiger partial charge in [-0.3, -0.25) is 0 Å². The fourth-order valence-corrected chi connectivity index (χ4v) is 4.05. The third-order valence-electron chi connectivity index (χ3n) is 5.32. The van der Waals surface area contributed by atoms with Gasteiger partial charge in [0, 0.05) is 24.2 Å². The summed E-state index contributed by atoms with van der Waals surface area (Å²) in [5.74, 6) is 1.81. The topological polar surface area (TPSA) is 37.4 Å². The Morgan fingerprint density at radius 1 is 1.07 bits per heavy atom. The number of hydrogen-bond donors (Lipinski definition) is 1. The quantitative estimate of drug-likeness (QED) is 0.557. The molecule has 0 fully saturated rings. The molecule has 5 heteroatoms. The minimum Gasteiger partial charge on any atom is -0.488 e. The summed E-state index contributed by atoms with van der Waals surface area (Å²) in [5, 5.41) is 3.51. The van der Waals surface area contributed by atoms with Crippen LogP contribution in [-0.4, -0.2) is 24.4 Å². The first-order valence-corrected chi connectivity index (χ1v) is 11.2. The zero-order chi connectivity index (χ0) is 20.1. The molecule has 29 heavy (non-hydrogen) atoms. The highest BCUT2D eigenvalue weighted by Gasteiger charge is 2.25. The fraction of sp³-hybridized carbons (Fsp3) is 0.292. The van der Waals surface area contributed by atoms with Crippen molar-refractivity contribution >= 4 is 17.6 Å². The summed E-state index contributed by atoms with van der Waals surface area (Å²) in [6.07, 6.45) is 4.06. The lowest BCUT2D eigenvalue weighted by Crippen LogP contribution is -2.35. The van der Waals surface area contributed by atoms with Crippen molar-refractivity contribution in [2.45, 2.75) is 31.0 Å². The number of anilines is 1. The number of fused-ring (bicyclic) bond motifs is 1. The van der Waals surface area contributed by atoms with Gasteiger partial charge in [-0.15, -0.1) is 11.8 Å². The Morgan fingerprint density at radius 2 is 1.83 bits per heavy atom. The van der Waals surface area contributed by atoms with E-state index in [1.54, 1.807) is 11.8 Å². The van der Waals surface area contributed by atoms with E-state index in [0.29, 0.717) is 6.61 Å². The molecule has 1 aliphatic rings. The van der Waals surface area contributed by atoms with Gasteiger partial charge in [0.15, 0.2) is 11.6 Å². The van der Waals surface area contributed by atoms with Crippen molar-refractivity contribution in [3.63, 3.8) is 0 Å². The minimum atomic E-state index is 0.264. The molecule has 0 amide bonds. The van der Waals surface area contributed by atoms with Gasteiger partial charge in [0.05, 0.1) is 12.6 Å². The Labute approximate surface area is 177 Å². The summed E-state index contributed by atoms with van der Waals surface area (Å²) in [6, 6.07) is 21.6. The zero-order valence-corrected chi connectivity index (χ0v) is 17.8. The predicted octanol–water partition coefficient (Wildman–Crippen LogP) is 5.05. The summed E-state index contributed by atoms with van der Waals surface area (Å²) in [7, 11) is 0. The molecular weight excluding hydrogens is 378 g/mol. The van der Waals surface area contributed by atoms with Gasteiger partial charge in [0.2, 0.25) is 0 Å². The molecule has 3 aromatic rings. The predicted molar refractivity (Wildman–Crippen MR) is 121 cm³/mol. The Balaban J connectivity index is 1.41. The number of rotatable bonds is 7. The Bertz CT molecular complexity index is 931. The van der Waals surface area contributed by atoms with E-state index in [4.69, 9.17) is 9.72 Å². The van der Waals surface area contributed by atoms with Crippen LogP contribution in [0, 0.1) is 0 Å². The van der Waals surface area contributed by atoms with Gasteiger partial charge in [0.1, 0.15) is 6.61 Å². The van der Waals surface area contributed by atoms with Crippen LogP contribution in [0.1, 0.15) is 29.7 Å². The number of pyridine rings is 1. The molecule has 1 atom stereocenters. The molecule has 2 heterocycles. The monoisotopic (exact) mass is 405 g/mol. The average Bonchev–Trinajstić information content (AvgIpc) is 2.79. The Hall–Kier alpha value is -2.50. The molecule has 1 unspecified atom stereocenters. The first-order valence-electron chi connectivity index (χ1n) is 10.0. The summed E-state index contributed by atoms with van der Waals surface area (Å²) < 4.78 is 5.94. The molecule has 0 saturated carbocycles. The van der Waals surface area contributed by atoms with Crippen LogP contribution in [0.25, 0.3) is 0 Å². The number of benzene rings is 2. The van der Waals surface area contributed by atoms with Gasteiger partial charge < -0.3 is 15.0 Å². The van der Waals surface area contributed by atoms with E-state index >= 15 is 0 Å². The number of thioether (sulfide) groups is 1. The van der Waals surface area contributed by atoms with Gasteiger partial charge in [-0.2, -0.15) is 0 Å². The second-order valence-corrected chi connectivity index (χ2v) is 8.13. The molecular formula is C24H27N3OS. The molecule has 0 radical (unpaired) electrons. The first-order chi connectivity index (χ1) is 14.2. The second-order valence-electron chi connectivity index (χ2n) is 7.25. The first kappa shape index (κ1) is 19.8. The van der Waals surface area contributed by atoms with E-state index < -0.39 is 0 Å². The van der Waals surface area contributed by atoms with Crippen molar-refractivity contribution in [2.75, 3.05) is 24.3 Å². The Morgan fingerprint density at radius 3 is 2.59 bits per heavy atom. The molecule has 150 valence electrons. The highest BCUT2D eigenvalue weighted by molar-refractivity contribution is 7.98. The normalized spacial score (nSPS) is 14.2. The average molecular weight is 406 g/mol. The number of aromatic nitrogens is 1. The third kappa shape index (κ3) is 4.74. The second kappa shape index (κ2) is 9.33. The highest BCUT2D eigenvalue weighted by Crippen LogP contribution is 2.35. The summed E-state index contributed by atoms with van der Waals surface area (Å²) in [5.41, 5.74) is 3.71. The van der Waals surface area contributed by atoms with Crippen LogP contribution in [0.4, 0.5) is 5.82 Å². The lowest BCUT2D eigenvalue weighted by atomic mass is 10.1. The zero-order valence-electron chi connectivity index (χ0n) is 17.0. The standard InChI is InChI=1S/C24H27N3OS/c1-18(21-6-4-3-5-7-21)27-12-13-28-23-14-20(17-26-24(23)27)16-25-15-19-8-10-22(29-2)11-9-19/h3-11,14,17-18,25H,12-13,15-16H2,1-2H3. The largest absolute Gasteiger partial charge is 0.488 e. The maximum Gasteiger partial charge on any atom is 0.172 e. The van der Waals surface area contributed by atoms with Crippen molar-refractivity contribution in [1.82, 2.24) is 10.3 Å². The summed E-state index contributed by atoms with van der Waals surface area (Å²) in [6.45, 7) is 5.36.